The van der Waals surface area contributed by atoms with Crippen molar-refractivity contribution in [2.45, 2.75) is 39.3 Å². The number of halogens is 1. The minimum absolute atomic E-state index is 0.225. The number of hydrogen-bond donors (Lipinski definition) is 2. The van der Waals surface area contributed by atoms with Gasteiger partial charge in [-0.05, 0) is 38.9 Å². The molecule has 2 nitrogen and oxygen atoms in total. The lowest BCUT2D eigenvalue weighted by atomic mass is 9.96. The maximum Gasteiger partial charge on any atom is 0.0701 e. The number of nitrogens with one attached hydrogen (secondary N) is 1. The average molecular weight is 306 g/mol. The fraction of sp³-hybridized carbons (Fsp3) is 0.667. The highest BCUT2D eigenvalue weighted by atomic mass is 79.9. The molecule has 0 saturated carbocycles. The van der Waals surface area contributed by atoms with Crippen LogP contribution in [0.25, 0.3) is 0 Å². The van der Waals surface area contributed by atoms with Crippen LogP contribution >= 0.6 is 27.3 Å². The van der Waals surface area contributed by atoms with Gasteiger partial charge < -0.3 is 10.4 Å². The molecule has 1 unspecified atom stereocenters. The molecule has 1 rings (SSSR count). The highest BCUT2D eigenvalue weighted by Gasteiger charge is 2.14. The van der Waals surface area contributed by atoms with Crippen molar-refractivity contribution in [3.05, 3.63) is 20.8 Å². The molecular formula is C12H20BrNOS. The summed E-state index contributed by atoms with van der Waals surface area (Å²) >= 11 is 5.13. The molecule has 4 heteroatoms. The first-order valence-corrected chi connectivity index (χ1v) is 7.46. The van der Waals surface area contributed by atoms with Gasteiger partial charge in [0.15, 0.2) is 0 Å². The van der Waals surface area contributed by atoms with E-state index >= 15 is 0 Å². The first kappa shape index (κ1) is 14.2. The van der Waals surface area contributed by atoms with E-state index in [1.54, 1.807) is 11.3 Å². The van der Waals surface area contributed by atoms with Crippen molar-refractivity contribution < 1.29 is 5.11 Å². The molecular weight excluding hydrogens is 286 g/mol. The summed E-state index contributed by atoms with van der Waals surface area (Å²) in [4.78, 5) is 0. The average Bonchev–Trinajstić information content (AvgIpc) is 2.66. The molecule has 0 aliphatic rings. The Kier molecular flexibility index (Phi) is 6.58. The van der Waals surface area contributed by atoms with Crippen molar-refractivity contribution in [2.24, 2.45) is 5.92 Å². The Labute approximate surface area is 110 Å². The van der Waals surface area contributed by atoms with Gasteiger partial charge in [0.25, 0.3) is 0 Å². The van der Waals surface area contributed by atoms with Crippen molar-refractivity contribution in [3.63, 3.8) is 0 Å². The highest BCUT2D eigenvalue weighted by Crippen LogP contribution is 2.20. The Morgan fingerprint density at radius 1 is 1.44 bits per heavy atom. The topological polar surface area (TPSA) is 32.3 Å². The van der Waals surface area contributed by atoms with Crippen LogP contribution in [0.2, 0.25) is 0 Å². The zero-order chi connectivity index (χ0) is 12.0. The lowest BCUT2D eigenvalue weighted by Gasteiger charge is -2.20. The molecule has 0 aliphatic heterocycles. The van der Waals surface area contributed by atoms with Gasteiger partial charge in [0.2, 0.25) is 0 Å². The summed E-state index contributed by atoms with van der Waals surface area (Å²) in [6, 6.07) is 2.11. The highest BCUT2D eigenvalue weighted by molar-refractivity contribution is 9.11. The van der Waals surface area contributed by atoms with Gasteiger partial charge in [-0.15, -0.1) is 11.3 Å². The van der Waals surface area contributed by atoms with Crippen LogP contribution in [0.3, 0.4) is 0 Å². The maximum absolute atomic E-state index is 9.92. The maximum atomic E-state index is 9.92. The van der Waals surface area contributed by atoms with Crippen LogP contribution in [-0.4, -0.2) is 17.8 Å². The van der Waals surface area contributed by atoms with Crippen molar-refractivity contribution in [1.82, 2.24) is 5.32 Å². The van der Waals surface area contributed by atoms with E-state index < -0.39 is 0 Å². The second-order valence-electron chi connectivity index (χ2n) is 4.03. The van der Waals surface area contributed by atoms with E-state index in [1.807, 2.05) is 0 Å². The van der Waals surface area contributed by atoms with E-state index in [0.717, 1.165) is 23.2 Å². The summed E-state index contributed by atoms with van der Waals surface area (Å²) in [6.07, 6.45) is 1.87. The number of aliphatic hydroxyl groups excluding tert-OH is 1. The normalized spacial score (nSPS) is 13.3. The number of rotatable bonds is 7. The third-order valence-corrected chi connectivity index (χ3v) is 4.45. The van der Waals surface area contributed by atoms with Crippen LogP contribution in [0.1, 0.15) is 32.3 Å². The molecule has 92 valence electrons. The Bertz CT molecular complexity index is 299. The Morgan fingerprint density at radius 3 is 2.62 bits per heavy atom. The predicted octanol–water partition coefficient (Wildman–Crippen LogP) is 3.40. The molecule has 1 heterocycles. The zero-order valence-electron chi connectivity index (χ0n) is 9.87. The van der Waals surface area contributed by atoms with Gasteiger partial charge in [0.1, 0.15) is 0 Å². The third-order valence-electron chi connectivity index (χ3n) is 2.90. The molecule has 1 aromatic rings. The molecule has 1 atom stereocenters. The summed E-state index contributed by atoms with van der Waals surface area (Å²) < 4.78 is 1.16. The lowest BCUT2D eigenvalue weighted by Crippen LogP contribution is -2.32. The molecule has 0 amide bonds. The van der Waals surface area contributed by atoms with Crippen molar-refractivity contribution in [1.29, 1.82) is 0 Å². The van der Waals surface area contributed by atoms with Gasteiger partial charge in [0, 0.05) is 13.1 Å². The minimum Gasteiger partial charge on any atom is -0.392 e. The summed E-state index contributed by atoms with van der Waals surface area (Å²) in [5, 5.41) is 15.3. The standard InChI is InChI=1S/C12H20BrNOS/c1-3-10(4-2)11(15)7-14-6-9-5-12(13)16-8-9/h5,8,10-11,14-15H,3-4,6-7H2,1-2H3. The summed E-state index contributed by atoms with van der Waals surface area (Å²) in [5.41, 5.74) is 1.27. The van der Waals surface area contributed by atoms with E-state index in [4.69, 9.17) is 0 Å². The molecule has 1 aromatic heterocycles. The molecule has 0 saturated heterocycles. The Morgan fingerprint density at radius 2 is 2.12 bits per heavy atom. The second kappa shape index (κ2) is 7.43. The number of thiophene rings is 1. The monoisotopic (exact) mass is 305 g/mol. The molecule has 0 fully saturated rings. The molecule has 0 aromatic carbocycles. The number of hydrogen-bond acceptors (Lipinski definition) is 3. The van der Waals surface area contributed by atoms with Crippen LogP contribution in [-0.2, 0) is 6.54 Å². The summed E-state index contributed by atoms with van der Waals surface area (Å²) in [6.45, 7) is 5.78. The Balaban J connectivity index is 2.24. The first-order chi connectivity index (χ1) is 7.67. The third kappa shape index (κ3) is 4.53. The van der Waals surface area contributed by atoms with Gasteiger partial charge in [0.05, 0.1) is 9.89 Å². The van der Waals surface area contributed by atoms with Gasteiger partial charge in [-0.2, -0.15) is 0 Å². The molecule has 2 N–H and O–H groups in total. The fourth-order valence-corrected chi connectivity index (χ4v) is 3.01. The second-order valence-corrected chi connectivity index (χ2v) is 6.32. The lowest BCUT2D eigenvalue weighted by molar-refractivity contribution is 0.101. The summed E-state index contributed by atoms with van der Waals surface area (Å²) in [7, 11) is 0. The molecule has 0 spiro atoms. The van der Waals surface area contributed by atoms with Gasteiger partial charge in [-0.1, -0.05) is 26.7 Å². The van der Waals surface area contributed by atoms with Crippen LogP contribution in [0, 0.1) is 5.92 Å². The predicted molar refractivity (Wildman–Crippen MR) is 73.8 cm³/mol. The SMILES string of the molecule is CCC(CC)C(O)CNCc1csc(Br)c1. The van der Waals surface area contributed by atoms with Crippen LogP contribution in [0.4, 0.5) is 0 Å². The number of aliphatic hydroxyl groups is 1. The van der Waals surface area contributed by atoms with E-state index in [2.05, 4.69) is 46.5 Å². The van der Waals surface area contributed by atoms with E-state index in [1.165, 1.54) is 5.56 Å². The van der Waals surface area contributed by atoms with E-state index in [0.29, 0.717) is 12.5 Å². The molecule has 0 aliphatic carbocycles. The van der Waals surface area contributed by atoms with E-state index in [-0.39, 0.29) is 6.10 Å². The molecule has 0 bridgehead atoms. The van der Waals surface area contributed by atoms with Crippen LogP contribution in [0.5, 0.6) is 0 Å². The quantitative estimate of drug-likeness (QED) is 0.809. The molecule has 0 radical (unpaired) electrons. The largest absolute Gasteiger partial charge is 0.392 e. The van der Waals surface area contributed by atoms with E-state index in [9.17, 15) is 5.11 Å². The van der Waals surface area contributed by atoms with Gasteiger partial charge >= 0.3 is 0 Å². The smallest absolute Gasteiger partial charge is 0.0701 e. The fourth-order valence-electron chi connectivity index (χ4n) is 1.80. The van der Waals surface area contributed by atoms with Crippen molar-refractivity contribution >= 4 is 27.3 Å². The van der Waals surface area contributed by atoms with Gasteiger partial charge in [-0.3, -0.25) is 0 Å². The Hall–Kier alpha value is 0.100. The summed E-state index contributed by atoms with van der Waals surface area (Å²) in [5.74, 6) is 0.418. The molecule has 16 heavy (non-hydrogen) atoms. The van der Waals surface area contributed by atoms with Gasteiger partial charge in [-0.25, -0.2) is 0 Å². The minimum atomic E-state index is -0.225. The van der Waals surface area contributed by atoms with Crippen LogP contribution < -0.4 is 5.32 Å². The zero-order valence-corrected chi connectivity index (χ0v) is 12.3. The van der Waals surface area contributed by atoms with Crippen LogP contribution in [0.15, 0.2) is 15.2 Å². The first-order valence-electron chi connectivity index (χ1n) is 5.79. The van der Waals surface area contributed by atoms with Crippen molar-refractivity contribution in [3.8, 4) is 0 Å². The van der Waals surface area contributed by atoms with Crippen molar-refractivity contribution in [2.75, 3.05) is 6.54 Å².